The molecule has 36 heavy (non-hydrogen) atoms. The molecule has 5 heterocycles. The van der Waals surface area contributed by atoms with E-state index in [1.807, 2.05) is 66.2 Å². The molecule has 1 aromatic carbocycles. The first-order valence-electron chi connectivity index (χ1n) is 11.6. The fourth-order valence-corrected chi connectivity index (χ4v) is 4.53. The summed E-state index contributed by atoms with van der Waals surface area (Å²) < 4.78 is 7.37. The van der Waals surface area contributed by atoms with Crippen LogP contribution in [0.2, 0.25) is 0 Å². The van der Waals surface area contributed by atoms with Crippen LogP contribution in [0.5, 0.6) is 0 Å². The van der Waals surface area contributed by atoms with Crippen molar-refractivity contribution in [3.63, 3.8) is 0 Å². The van der Waals surface area contributed by atoms with Gasteiger partial charge in [-0.05, 0) is 66.6 Å². The number of ether oxygens (including phenoxy) is 1. The van der Waals surface area contributed by atoms with Crippen LogP contribution in [-0.4, -0.2) is 32.1 Å². The van der Waals surface area contributed by atoms with E-state index in [9.17, 15) is 10.1 Å². The van der Waals surface area contributed by atoms with Gasteiger partial charge in [-0.3, -0.25) is 9.78 Å². The molecule has 0 unspecified atom stereocenters. The monoisotopic (exact) mass is 474 g/mol. The van der Waals surface area contributed by atoms with Gasteiger partial charge < -0.3 is 10.1 Å². The molecule has 0 radical (unpaired) electrons. The third kappa shape index (κ3) is 3.85. The highest BCUT2D eigenvalue weighted by Gasteiger charge is 2.33. The summed E-state index contributed by atoms with van der Waals surface area (Å²) in [6.07, 6.45) is 3.66. The largest absolute Gasteiger partial charge is 0.375 e. The number of fused-ring (bicyclic) bond motifs is 3. The number of hydrogen-bond acceptors (Lipinski definition) is 6. The summed E-state index contributed by atoms with van der Waals surface area (Å²) in [5.41, 5.74) is 5.55. The van der Waals surface area contributed by atoms with Crippen molar-refractivity contribution in [1.82, 2.24) is 24.9 Å². The van der Waals surface area contributed by atoms with E-state index in [-0.39, 0.29) is 12.5 Å². The van der Waals surface area contributed by atoms with Gasteiger partial charge in [0.25, 0.3) is 5.91 Å². The number of benzene rings is 1. The van der Waals surface area contributed by atoms with Gasteiger partial charge in [-0.25, -0.2) is 9.50 Å². The van der Waals surface area contributed by atoms with Crippen LogP contribution < -0.4 is 5.32 Å². The first kappa shape index (κ1) is 21.9. The molecule has 8 heteroatoms. The van der Waals surface area contributed by atoms with Crippen LogP contribution in [0.1, 0.15) is 34.1 Å². The van der Waals surface area contributed by atoms with Gasteiger partial charge in [-0.1, -0.05) is 12.1 Å². The zero-order valence-corrected chi connectivity index (χ0v) is 19.6. The molecule has 0 spiro atoms. The Hall–Kier alpha value is -4.61. The highest BCUT2D eigenvalue weighted by atomic mass is 16.5. The number of nitrogens with zero attached hydrogens (tertiary/aromatic N) is 5. The number of hydrogen-bond donors (Lipinski definition) is 1. The van der Waals surface area contributed by atoms with Crippen LogP contribution in [0.4, 0.5) is 0 Å². The molecular formula is C28H22N6O2. The van der Waals surface area contributed by atoms with Crippen molar-refractivity contribution in [2.24, 2.45) is 0 Å². The second-order valence-electron chi connectivity index (χ2n) is 9.16. The topological polar surface area (TPSA) is 105 Å². The Balaban J connectivity index is 1.22. The lowest BCUT2D eigenvalue weighted by molar-refractivity contribution is 0.0757. The number of aromatic nitrogens is 4. The first-order valence-corrected chi connectivity index (χ1v) is 11.6. The molecule has 176 valence electrons. The smallest absolute Gasteiger partial charge is 0.251 e. The van der Waals surface area contributed by atoms with Crippen LogP contribution in [0.25, 0.3) is 27.8 Å². The highest BCUT2D eigenvalue weighted by Crippen LogP contribution is 2.32. The molecule has 1 atom stereocenters. The molecule has 1 aliphatic rings. The Morgan fingerprint density at radius 3 is 2.94 bits per heavy atom. The van der Waals surface area contributed by atoms with Crippen molar-refractivity contribution >= 4 is 22.3 Å². The average molecular weight is 475 g/mol. The summed E-state index contributed by atoms with van der Waals surface area (Å²) in [4.78, 5) is 22.2. The first-order chi connectivity index (χ1) is 17.5. The second-order valence-corrected chi connectivity index (χ2v) is 9.16. The Morgan fingerprint density at radius 2 is 2.08 bits per heavy atom. The molecule has 0 aliphatic carbocycles. The number of nitriles is 1. The van der Waals surface area contributed by atoms with Gasteiger partial charge in [0.05, 0.1) is 48.2 Å². The number of amides is 1. The van der Waals surface area contributed by atoms with E-state index in [1.54, 1.807) is 18.3 Å². The lowest BCUT2D eigenvalue weighted by Crippen LogP contribution is -2.33. The number of carbonyl (C=O) groups excluding carboxylic acids is 1. The second kappa shape index (κ2) is 8.56. The van der Waals surface area contributed by atoms with Crippen molar-refractivity contribution < 1.29 is 9.53 Å². The average Bonchev–Trinajstić information content (AvgIpc) is 3.36. The fourth-order valence-electron chi connectivity index (χ4n) is 4.53. The van der Waals surface area contributed by atoms with Gasteiger partial charge in [0.1, 0.15) is 11.1 Å². The van der Waals surface area contributed by atoms with Crippen LogP contribution in [0.15, 0.2) is 73.1 Å². The molecular weight excluding hydrogens is 452 g/mol. The number of pyridine rings is 3. The Kier molecular flexibility index (Phi) is 5.20. The standard InChI is InChI=1S/C28H22N6O2/c1-28(16-29)17-36-15-20-6-5-18(10-23(20)28)27(35)31-14-21-11-25-19(13-30-21)7-8-24(32-25)26-12-22-4-2-3-9-34(22)33-26/h2-13H,14-15,17H2,1H3,(H,31,35)/t28-/m1/s1. The van der Waals surface area contributed by atoms with E-state index in [1.165, 1.54) is 0 Å². The molecule has 0 fully saturated rings. The van der Waals surface area contributed by atoms with Crippen molar-refractivity contribution in [3.8, 4) is 17.5 Å². The molecule has 1 amide bonds. The van der Waals surface area contributed by atoms with E-state index >= 15 is 0 Å². The summed E-state index contributed by atoms with van der Waals surface area (Å²) in [5.74, 6) is -0.224. The van der Waals surface area contributed by atoms with Gasteiger partial charge in [-0.2, -0.15) is 10.4 Å². The predicted molar refractivity (Wildman–Crippen MR) is 134 cm³/mol. The maximum atomic E-state index is 12.9. The molecule has 4 aromatic heterocycles. The zero-order chi connectivity index (χ0) is 24.7. The van der Waals surface area contributed by atoms with Crippen molar-refractivity contribution in [3.05, 3.63) is 95.4 Å². The molecule has 5 aromatic rings. The van der Waals surface area contributed by atoms with Crippen LogP contribution in [0.3, 0.4) is 0 Å². The third-order valence-electron chi connectivity index (χ3n) is 6.55. The molecule has 0 saturated heterocycles. The minimum Gasteiger partial charge on any atom is -0.375 e. The SMILES string of the molecule is C[C@@]1(C#N)COCc2ccc(C(=O)NCc3cc4nc(-c5cc6ccccn6n5)ccc4cn3)cc21. The third-order valence-corrected chi connectivity index (χ3v) is 6.55. The van der Waals surface area contributed by atoms with E-state index in [2.05, 4.69) is 21.5 Å². The van der Waals surface area contributed by atoms with E-state index in [0.29, 0.717) is 24.5 Å². The number of rotatable bonds is 4. The van der Waals surface area contributed by atoms with Crippen LogP contribution >= 0.6 is 0 Å². The molecule has 0 bridgehead atoms. The van der Waals surface area contributed by atoms with Gasteiger partial charge in [0.2, 0.25) is 0 Å². The quantitative estimate of drug-likeness (QED) is 0.419. The molecule has 8 nitrogen and oxygen atoms in total. The zero-order valence-electron chi connectivity index (χ0n) is 19.6. The minimum atomic E-state index is -0.770. The van der Waals surface area contributed by atoms with Gasteiger partial charge >= 0.3 is 0 Å². The fraction of sp³-hybridized carbons (Fsp3) is 0.179. The summed E-state index contributed by atoms with van der Waals surface area (Å²) >= 11 is 0. The van der Waals surface area contributed by atoms with Gasteiger partial charge in [-0.15, -0.1) is 0 Å². The van der Waals surface area contributed by atoms with E-state index < -0.39 is 5.41 Å². The lowest BCUT2D eigenvalue weighted by atomic mass is 9.79. The summed E-state index contributed by atoms with van der Waals surface area (Å²) in [5, 5.41) is 18.1. The van der Waals surface area contributed by atoms with Crippen molar-refractivity contribution in [1.29, 1.82) is 5.26 Å². The summed E-state index contributed by atoms with van der Waals surface area (Å²) in [6, 6.07) is 21.4. The minimum absolute atomic E-state index is 0.224. The highest BCUT2D eigenvalue weighted by molar-refractivity contribution is 5.94. The maximum absolute atomic E-state index is 12.9. The maximum Gasteiger partial charge on any atom is 0.251 e. The Bertz CT molecular complexity index is 1650. The van der Waals surface area contributed by atoms with Crippen molar-refractivity contribution in [2.75, 3.05) is 6.61 Å². The predicted octanol–water partition coefficient (Wildman–Crippen LogP) is 4.19. The summed E-state index contributed by atoms with van der Waals surface area (Å²) in [7, 11) is 0. The van der Waals surface area contributed by atoms with Crippen LogP contribution in [-0.2, 0) is 23.3 Å². The number of carbonyl (C=O) groups is 1. The van der Waals surface area contributed by atoms with E-state index in [4.69, 9.17) is 9.72 Å². The van der Waals surface area contributed by atoms with Gasteiger partial charge in [0.15, 0.2) is 0 Å². The molecule has 0 saturated carbocycles. The van der Waals surface area contributed by atoms with E-state index in [0.717, 1.165) is 38.9 Å². The lowest BCUT2D eigenvalue weighted by Gasteiger charge is -2.30. The molecule has 1 aliphatic heterocycles. The summed E-state index contributed by atoms with van der Waals surface area (Å²) in [6.45, 7) is 2.84. The molecule has 1 N–H and O–H groups in total. The van der Waals surface area contributed by atoms with Crippen molar-refractivity contribution in [2.45, 2.75) is 25.5 Å². The normalized spacial score (nSPS) is 17.0. The Labute approximate surface area is 207 Å². The van der Waals surface area contributed by atoms with Crippen LogP contribution in [0, 0.1) is 11.3 Å². The van der Waals surface area contributed by atoms with Gasteiger partial charge in [0, 0.05) is 23.3 Å². The Morgan fingerprint density at radius 1 is 1.17 bits per heavy atom. The molecule has 6 rings (SSSR count). The number of nitrogens with one attached hydrogen (secondary N) is 1.